The van der Waals surface area contributed by atoms with Crippen LogP contribution in [0, 0.1) is 0 Å². The Morgan fingerprint density at radius 2 is 1.97 bits per heavy atom. The van der Waals surface area contributed by atoms with E-state index in [9.17, 15) is 18.0 Å². The molecule has 0 amide bonds. The smallest absolute Gasteiger partial charge is 0.330 e. The lowest BCUT2D eigenvalue weighted by atomic mass is 10.1. The zero-order chi connectivity index (χ0) is 22.9. The third-order valence-corrected chi connectivity index (χ3v) is 6.11. The van der Waals surface area contributed by atoms with Crippen LogP contribution in [0.4, 0.5) is 0 Å². The van der Waals surface area contributed by atoms with E-state index in [1.54, 1.807) is 6.92 Å². The molecule has 9 nitrogen and oxygen atoms in total. The molecule has 2 aromatic rings. The molecule has 1 aromatic carbocycles. The van der Waals surface area contributed by atoms with Gasteiger partial charge in [0.05, 0.1) is 11.9 Å². The number of benzene rings is 1. The van der Waals surface area contributed by atoms with Gasteiger partial charge in [-0.1, -0.05) is 25.5 Å². The first-order chi connectivity index (χ1) is 14.7. The number of H-pyrrole nitrogens is 1. The molecule has 10 heteroatoms. The van der Waals surface area contributed by atoms with Crippen LogP contribution in [0.5, 0.6) is 5.75 Å². The summed E-state index contributed by atoms with van der Waals surface area (Å²) >= 11 is 0. The maximum absolute atomic E-state index is 12.4. The molecule has 0 radical (unpaired) electrons. The Labute approximate surface area is 182 Å². The average Bonchev–Trinajstić information content (AvgIpc) is 2.69. The molecule has 0 fully saturated rings. The third kappa shape index (κ3) is 8.68. The van der Waals surface area contributed by atoms with Crippen molar-refractivity contribution in [2.45, 2.75) is 58.9 Å². The monoisotopic (exact) mass is 453 g/mol. The van der Waals surface area contributed by atoms with Gasteiger partial charge >= 0.3 is 5.69 Å². The summed E-state index contributed by atoms with van der Waals surface area (Å²) in [6.07, 6.45) is 3.66. The molecule has 0 aliphatic heterocycles. The van der Waals surface area contributed by atoms with Gasteiger partial charge in [0.25, 0.3) is 5.56 Å². The maximum atomic E-state index is 12.4. The van der Waals surface area contributed by atoms with Crippen molar-refractivity contribution in [1.29, 1.82) is 0 Å². The second-order valence-electron chi connectivity index (χ2n) is 7.42. The van der Waals surface area contributed by atoms with Crippen molar-refractivity contribution < 1.29 is 17.9 Å². The fraction of sp³-hybridized carbons (Fsp3) is 0.524. The number of nitrogens with zero attached hydrogens (tertiary/aromatic N) is 1. The van der Waals surface area contributed by atoms with Crippen LogP contribution < -0.4 is 20.7 Å². The lowest BCUT2D eigenvalue weighted by molar-refractivity contribution is 0.0744. The lowest BCUT2D eigenvalue weighted by Crippen LogP contribution is -2.30. The van der Waals surface area contributed by atoms with Gasteiger partial charge in [-0.25, -0.2) is 17.9 Å². The van der Waals surface area contributed by atoms with Crippen LogP contribution in [0.3, 0.4) is 0 Å². The van der Waals surface area contributed by atoms with Crippen molar-refractivity contribution in [2.75, 3.05) is 12.4 Å². The summed E-state index contributed by atoms with van der Waals surface area (Å²) < 4.78 is 39.9. The first-order valence-corrected chi connectivity index (χ1v) is 12.0. The minimum Gasteiger partial charge on any atom is -0.491 e. The molecule has 2 rings (SSSR count). The van der Waals surface area contributed by atoms with Crippen molar-refractivity contribution in [1.82, 2.24) is 14.3 Å². The predicted molar refractivity (Wildman–Crippen MR) is 119 cm³/mol. The highest BCUT2D eigenvalue weighted by Crippen LogP contribution is 2.21. The number of ether oxygens (including phenoxy) is 2. The Morgan fingerprint density at radius 1 is 1.19 bits per heavy atom. The highest BCUT2D eigenvalue weighted by molar-refractivity contribution is 7.89. The van der Waals surface area contributed by atoms with Crippen LogP contribution in [0.2, 0.25) is 0 Å². The first kappa shape index (κ1) is 24.8. The van der Waals surface area contributed by atoms with Gasteiger partial charge in [-0.2, -0.15) is 0 Å². The van der Waals surface area contributed by atoms with Crippen molar-refractivity contribution >= 4 is 10.0 Å². The van der Waals surface area contributed by atoms with E-state index in [-0.39, 0.29) is 31.6 Å². The zero-order valence-corrected chi connectivity index (χ0v) is 19.0. The highest BCUT2D eigenvalue weighted by Gasteiger charge is 2.16. The Kier molecular flexibility index (Phi) is 9.47. The molecule has 0 unspecified atom stereocenters. The number of nitrogens with one attached hydrogen (secondary N) is 2. The number of rotatable bonds is 13. The molecule has 0 saturated heterocycles. The lowest BCUT2D eigenvalue weighted by Gasteiger charge is -2.18. The molecule has 2 N–H and O–H groups in total. The van der Waals surface area contributed by atoms with Crippen molar-refractivity contribution in [3.05, 3.63) is 62.9 Å². The van der Waals surface area contributed by atoms with E-state index in [1.807, 2.05) is 31.2 Å². The van der Waals surface area contributed by atoms with Gasteiger partial charge < -0.3 is 9.47 Å². The molecule has 31 heavy (non-hydrogen) atoms. The number of hydrogen-bond donors (Lipinski definition) is 2. The average molecular weight is 454 g/mol. The van der Waals surface area contributed by atoms with Crippen LogP contribution in [0.15, 0.2) is 46.1 Å². The highest BCUT2D eigenvalue weighted by atomic mass is 32.2. The van der Waals surface area contributed by atoms with Crippen LogP contribution >= 0.6 is 0 Å². The number of hydrogen-bond acceptors (Lipinski definition) is 6. The van der Waals surface area contributed by atoms with Gasteiger partial charge in [-0.15, -0.1) is 0 Å². The molecule has 0 spiro atoms. The van der Waals surface area contributed by atoms with E-state index in [2.05, 4.69) is 16.6 Å². The fourth-order valence-corrected chi connectivity index (χ4v) is 4.30. The van der Waals surface area contributed by atoms with Crippen LogP contribution in [-0.2, 0) is 21.5 Å². The second-order valence-corrected chi connectivity index (χ2v) is 9.29. The quantitative estimate of drug-likeness (QED) is 0.449. The van der Waals surface area contributed by atoms with Crippen molar-refractivity contribution in [3.63, 3.8) is 0 Å². The van der Waals surface area contributed by atoms with Crippen molar-refractivity contribution in [3.8, 4) is 5.75 Å². The Hall–Kier alpha value is -2.43. The zero-order valence-electron chi connectivity index (χ0n) is 18.2. The van der Waals surface area contributed by atoms with E-state index in [0.717, 1.165) is 24.2 Å². The molecule has 0 bridgehead atoms. The summed E-state index contributed by atoms with van der Waals surface area (Å²) in [6.45, 7) is 5.98. The summed E-state index contributed by atoms with van der Waals surface area (Å²) in [7, 11) is -3.52. The molecule has 1 aromatic heterocycles. The summed E-state index contributed by atoms with van der Waals surface area (Å²) in [5, 5.41) is 0. The normalized spacial score (nSPS) is 13.6. The van der Waals surface area contributed by atoms with E-state index in [1.165, 1.54) is 16.8 Å². The Balaban J connectivity index is 1.81. The molecular formula is C21H31N3O6S. The summed E-state index contributed by atoms with van der Waals surface area (Å²) in [5.74, 6) is 0.608. The fourth-order valence-electron chi connectivity index (χ4n) is 3.01. The maximum Gasteiger partial charge on any atom is 0.330 e. The van der Waals surface area contributed by atoms with Gasteiger partial charge in [0, 0.05) is 24.9 Å². The third-order valence-electron chi connectivity index (χ3n) is 4.58. The van der Waals surface area contributed by atoms with Crippen molar-refractivity contribution in [2.24, 2.45) is 0 Å². The first-order valence-electron chi connectivity index (χ1n) is 10.3. The largest absolute Gasteiger partial charge is 0.491 e. The number of aromatic nitrogens is 2. The minimum absolute atomic E-state index is 0.0667. The van der Waals surface area contributed by atoms with Gasteiger partial charge in [0.1, 0.15) is 12.5 Å². The molecular weight excluding hydrogens is 422 g/mol. The Morgan fingerprint density at radius 3 is 2.68 bits per heavy atom. The van der Waals surface area contributed by atoms with Gasteiger partial charge in [-0.3, -0.25) is 14.3 Å². The standard InChI is InChI=1S/C21H31N3O6S/c1-4-7-16(2)30-19-9-5-8-18(14-19)17(3)23-31(27,28)13-6-12-29-15-24-11-10-20(25)22-21(24)26/h5,8-11,14,16-17,23H,4,6-7,12-13,15H2,1-3H3,(H,22,25,26)/t16-,17+/m0/s1. The number of sulfonamides is 1. The molecule has 0 aliphatic carbocycles. The summed E-state index contributed by atoms with van der Waals surface area (Å²) in [4.78, 5) is 24.7. The molecule has 0 aliphatic rings. The van der Waals surface area contributed by atoms with Crippen LogP contribution in [0.25, 0.3) is 0 Å². The number of aromatic amines is 1. The molecule has 2 atom stereocenters. The molecule has 172 valence electrons. The molecule has 1 heterocycles. The van der Waals surface area contributed by atoms with Crippen LogP contribution in [0.1, 0.15) is 51.6 Å². The van der Waals surface area contributed by atoms with Gasteiger partial charge in [-0.05, 0) is 44.4 Å². The van der Waals surface area contributed by atoms with E-state index >= 15 is 0 Å². The topological polar surface area (TPSA) is 119 Å². The van der Waals surface area contributed by atoms with Gasteiger partial charge in [0.2, 0.25) is 10.0 Å². The predicted octanol–water partition coefficient (Wildman–Crippen LogP) is 2.15. The van der Waals surface area contributed by atoms with E-state index < -0.39 is 27.3 Å². The Bertz CT molecular complexity index is 1050. The summed E-state index contributed by atoms with van der Waals surface area (Å²) in [5.41, 5.74) is -0.246. The summed E-state index contributed by atoms with van der Waals surface area (Å²) in [6, 6.07) is 8.23. The van der Waals surface area contributed by atoms with E-state index in [0.29, 0.717) is 0 Å². The second kappa shape index (κ2) is 11.8. The van der Waals surface area contributed by atoms with E-state index in [4.69, 9.17) is 9.47 Å². The minimum atomic E-state index is -3.52. The SMILES string of the molecule is CCC[C@H](C)Oc1cccc([C@@H](C)NS(=O)(=O)CCCOCn2ccc(=O)[nH]c2=O)c1. The van der Waals surface area contributed by atoms with Crippen LogP contribution in [-0.4, -0.2) is 36.4 Å². The van der Waals surface area contributed by atoms with Gasteiger partial charge in [0.15, 0.2) is 0 Å². The molecule has 0 saturated carbocycles.